The summed E-state index contributed by atoms with van der Waals surface area (Å²) in [7, 11) is 1.86. The highest BCUT2D eigenvalue weighted by molar-refractivity contribution is 5.86. The van der Waals surface area contributed by atoms with Crippen LogP contribution in [0, 0.1) is 12.7 Å². The maximum atomic E-state index is 13.6. The minimum atomic E-state index is -0.280. The van der Waals surface area contributed by atoms with Gasteiger partial charge in [0.1, 0.15) is 5.76 Å². The molecule has 1 heterocycles. The lowest BCUT2D eigenvalue weighted by Gasteiger charge is -2.00. The predicted octanol–water partition coefficient (Wildman–Crippen LogP) is 3.16. The van der Waals surface area contributed by atoms with Crippen LogP contribution in [0.2, 0.25) is 0 Å². The zero-order valence-electron chi connectivity index (χ0n) is 9.86. The second-order valence-electron chi connectivity index (χ2n) is 3.96. The average molecular weight is 221 g/mol. The molecule has 1 aromatic carbocycles. The van der Waals surface area contributed by atoms with E-state index in [2.05, 4.69) is 12.2 Å². The molecule has 0 bridgehead atoms. The first-order valence-corrected chi connectivity index (χ1v) is 5.53. The Balaban J connectivity index is 2.76. The standard InChI is InChI=1S/C13H16FNO/c1-4-9-11(7-15-3)16-13-10(14)6-5-8(2)12(9)13/h5-6,15H,4,7H2,1-3H3. The van der Waals surface area contributed by atoms with Crippen molar-refractivity contribution < 1.29 is 8.81 Å². The van der Waals surface area contributed by atoms with Gasteiger partial charge in [0.2, 0.25) is 0 Å². The van der Waals surface area contributed by atoms with Crippen molar-refractivity contribution in [1.82, 2.24) is 5.32 Å². The van der Waals surface area contributed by atoms with E-state index >= 15 is 0 Å². The van der Waals surface area contributed by atoms with Crippen molar-refractivity contribution >= 4 is 11.0 Å². The monoisotopic (exact) mass is 221 g/mol. The fourth-order valence-corrected chi connectivity index (χ4v) is 2.13. The minimum absolute atomic E-state index is 0.280. The fourth-order valence-electron chi connectivity index (χ4n) is 2.13. The second-order valence-corrected chi connectivity index (χ2v) is 3.96. The van der Waals surface area contributed by atoms with Gasteiger partial charge in [0.25, 0.3) is 0 Å². The van der Waals surface area contributed by atoms with Crippen LogP contribution in [0.15, 0.2) is 16.5 Å². The van der Waals surface area contributed by atoms with Crippen molar-refractivity contribution in [1.29, 1.82) is 0 Å². The number of aryl methyl sites for hydroxylation is 2. The lowest BCUT2D eigenvalue weighted by molar-refractivity contribution is 0.502. The van der Waals surface area contributed by atoms with Gasteiger partial charge in [-0.05, 0) is 32.0 Å². The van der Waals surface area contributed by atoms with E-state index in [-0.39, 0.29) is 5.82 Å². The highest BCUT2D eigenvalue weighted by atomic mass is 19.1. The second kappa shape index (κ2) is 4.26. The lowest BCUT2D eigenvalue weighted by atomic mass is 10.0. The smallest absolute Gasteiger partial charge is 0.170 e. The van der Waals surface area contributed by atoms with Crippen molar-refractivity contribution in [2.75, 3.05) is 7.05 Å². The fraction of sp³-hybridized carbons (Fsp3) is 0.385. The predicted molar refractivity (Wildman–Crippen MR) is 63.1 cm³/mol. The molecule has 2 nitrogen and oxygen atoms in total. The Hall–Kier alpha value is -1.35. The van der Waals surface area contributed by atoms with Gasteiger partial charge in [-0.15, -0.1) is 0 Å². The highest BCUT2D eigenvalue weighted by Crippen LogP contribution is 2.31. The van der Waals surface area contributed by atoms with Crippen LogP contribution in [0.4, 0.5) is 4.39 Å². The average Bonchev–Trinajstić information content (AvgIpc) is 2.64. The molecule has 86 valence electrons. The van der Waals surface area contributed by atoms with Crippen LogP contribution in [0.1, 0.15) is 23.8 Å². The Morgan fingerprint density at radius 2 is 2.12 bits per heavy atom. The molecule has 16 heavy (non-hydrogen) atoms. The van der Waals surface area contributed by atoms with Gasteiger partial charge in [0.15, 0.2) is 11.4 Å². The van der Waals surface area contributed by atoms with Crippen molar-refractivity contribution in [2.24, 2.45) is 0 Å². The lowest BCUT2D eigenvalue weighted by Crippen LogP contribution is -2.05. The minimum Gasteiger partial charge on any atom is -0.456 e. The Bertz CT molecular complexity index is 516. The Morgan fingerprint density at radius 3 is 2.75 bits per heavy atom. The molecule has 3 heteroatoms. The molecule has 0 amide bonds. The van der Waals surface area contributed by atoms with Gasteiger partial charge in [0.05, 0.1) is 6.54 Å². The number of nitrogens with one attached hydrogen (secondary N) is 1. The van der Waals surface area contributed by atoms with E-state index in [1.54, 1.807) is 6.07 Å². The number of hydrogen-bond acceptors (Lipinski definition) is 2. The summed E-state index contributed by atoms with van der Waals surface area (Å²) in [6.07, 6.45) is 0.855. The van der Waals surface area contributed by atoms with E-state index in [0.717, 1.165) is 28.7 Å². The number of furan rings is 1. The molecule has 0 saturated carbocycles. The third-order valence-corrected chi connectivity index (χ3v) is 2.87. The van der Waals surface area contributed by atoms with Gasteiger partial charge in [0, 0.05) is 10.9 Å². The summed E-state index contributed by atoms with van der Waals surface area (Å²) in [4.78, 5) is 0. The van der Waals surface area contributed by atoms with E-state index in [0.29, 0.717) is 12.1 Å². The zero-order chi connectivity index (χ0) is 11.7. The van der Waals surface area contributed by atoms with E-state index in [9.17, 15) is 4.39 Å². The number of halogens is 1. The molecule has 0 spiro atoms. The van der Waals surface area contributed by atoms with E-state index in [1.807, 2.05) is 14.0 Å². The van der Waals surface area contributed by atoms with Crippen molar-refractivity contribution in [3.05, 3.63) is 34.8 Å². The summed E-state index contributed by atoms with van der Waals surface area (Å²) in [5, 5.41) is 3.98. The Kier molecular flexibility index (Phi) is 2.97. The zero-order valence-corrected chi connectivity index (χ0v) is 9.86. The third kappa shape index (κ3) is 1.61. The van der Waals surface area contributed by atoms with Gasteiger partial charge in [-0.3, -0.25) is 0 Å². The molecule has 0 unspecified atom stereocenters. The number of fused-ring (bicyclic) bond motifs is 1. The maximum absolute atomic E-state index is 13.6. The quantitative estimate of drug-likeness (QED) is 0.861. The number of hydrogen-bond donors (Lipinski definition) is 1. The molecule has 2 aromatic rings. The molecule has 0 saturated heterocycles. The van der Waals surface area contributed by atoms with Crippen LogP contribution in [-0.2, 0) is 13.0 Å². The van der Waals surface area contributed by atoms with Crippen molar-refractivity contribution in [3.8, 4) is 0 Å². The molecule has 1 aromatic heterocycles. The highest BCUT2D eigenvalue weighted by Gasteiger charge is 2.16. The van der Waals surface area contributed by atoms with Crippen LogP contribution in [-0.4, -0.2) is 7.05 Å². The molecule has 0 aliphatic heterocycles. The summed E-state index contributed by atoms with van der Waals surface area (Å²) in [5.74, 6) is 0.561. The summed E-state index contributed by atoms with van der Waals surface area (Å²) in [6.45, 7) is 4.68. The topological polar surface area (TPSA) is 25.2 Å². The van der Waals surface area contributed by atoms with Crippen molar-refractivity contribution in [3.63, 3.8) is 0 Å². The number of benzene rings is 1. The summed E-state index contributed by atoms with van der Waals surface area (Å²) >= 11 is 0. The van der Waals surface area contributed by atoms with Crippen LogP contribution in [0.5, 0.6) is 0 Å². The van der Waals surface area contributed by atoms with Gasteiger partial charge in [-0.2, -0.15) is 0 Å². The Morgan fingerprint density at radius 1 is 1.38 bits per heavy atom. The van der Waals surface area contributed by atoms with E-state index in [4.69, 9.17) is 4.42 Å². The molecular formula is C13H16FNO. The van der Waals surface area contributed by atoms with Gasteiger partial charge in [-0.1, -0.05) is 13.0 Å². The largest absolute Gasteiger partial charge is 0.456 e. The van der Waals surface area contributed by atoms with Gasteiger partial charge < -0.3 is 9.73 Å². The van der Waals surface area contributed by atoms with Crippen LogP contribution < -0.4 is 5.32 Å². The first-order chi connectivity index (χ1) is 7.69. The SMILES string of the molecule is CCc1c(CNC)oc2c(F)ccc(C)c12. The Labute approximate surface area is 94.4 Å². The summed E-state index contributed by atoms with van der Waals surface area (Å²) < 4.78 is 19.2. The maximum Gasteiger partial charge on any atom is 0.170 e. The molecular weight excluding hydrogens is 205 g/mol. The van der Waals surface area contributed by atoms with Crippen LogP contribution in [0.25, 0.3) is 11.0 Å². The van der Waals surface area contributed by atoms with Crippen LogP contribution in [0.3, 0.4) is 0 Å². The van der Waals surface area contributed by atoms with Crippen LogP contribution >= 0.6 is 0 Å². The normalized spacial score (nSPS) is 11.2. The third-order valence-electron chi connectivity index (χ3n) is 2.87. The summed E-state index contributed by atoms with van der Waals surface area (Å²) in [6, 6.07) is 3.26. The first-order valence-electron chi connectivity index (χ1n) is 5.53. The molecule has 0 aliphatic carbocycles. The molecule has 1 N–H and O–H groups in total. The molecule has 0 atom stereocenters. The van der Waals surface area contributed by atoms with Crippen molar-refractivity contribution in [2.45, 2.75) is 26.8 Å². The van der Waals surface area contributed by atoms with E-state index in [1.165, 1.54) is 6.07 Å². The molecule has 0 radical (unpaired) electrons. The van der Waals surface area contributed by atoms with E-state index < -0.39 is 0 Å². The molecule has 0 aliphatic rings. The molecule has 2 rings (SSSR count). The van der Waals surface area contributed by atoms with Gasteiger partial charge in [-0.25, -0.2) is 4.39 Å². The number of rotatable bonds is 3. The van der Waals surface area contributed by atoms with Gasteiger partial charge >= 0.3 is 0 Å². The summed E-state index contributed by atoms with van der Waals surface area (Å²) in [5.41, 5.74) is 2.57. The first kappa shape index (κ1) is 11.1. The molecule has 0 fully saturated rings.